The third-order valence-corrected chi connectivity index (χ3v) is 6.67. The van der Waals surface area contributed by atoms with E-state index in [-0.39, 0.29) is 6.04 Å². The second-order valence-electron chi connectivity index (χ2n) is 7.94. The molecule has 2 aromatic carbocycles. The molecule has 174 valence electrons. The van der Waals surface area contributed by atoms with Gasteiger partial charge in [0, 0.05) is 23.5 Å². The minimum Gasteiger partial charge on any atom is -0.353 e. The number of nitrogens with zero attached hydrogens (tertiary/aromatic N) is 1. The van der Waals surface area contributed by atoms with Crippen LogP contribution in [-0.4, -0.2) is 19.7 Å². The van der Waals surface area contributed by atoms with Crippen molar-refractivity contribution in [1.82, 2.24) is 5.32 Å². The number of benzene rings is 2. The average molecular weight is 486 g/mol. The van der Waals surface area contributed by atoms with Crippen LogP contribution in [0.5, 0.6) is 0 Å². The van der Waals surface area contributed by atoms with Crippen molar-refractivity contribution in [1.29, 1.82) is 0 Å². The molecule has 1 heterocycles. The van der Waals surface area contributed by atoms with Crippen LogP contribution >= 0.6 is 11.8 Å². The lowest BCUT2D eigenvalue weighted by molar-refractivity contribution is -0.675. The number of hydrogen-bond acceptors (Lipinski definition) is 5. The summed E-state index contributed by atoms with van der Waals surface area (Å²) in [5, 5.41) is 4.61. The minimum absolute atomic E-state index is 0.290. The molecule has 0 saturated carbocycles. The maximum absolute atomic E-state index is 12.6. The fourth-order valence-electron chi connectivity index (χ4n) is 3.03. The number of rotatable bonds is 9. The molecule has 0 aliphatic carbocycles. The predicted molar refractivity (Wildman–Crippen MR) is 135 cm³/mol. The van der Waals surface area contributed by atoms with Gasteiger partial charge in [0.1, 0.15) is 5.69 Å². The van der Waals surface area contributed by atoms with Crippen LogP contribution in [0.1, 0.15) is 25.0 Å². The SMILES string of the molecule is Cc1cccc(Nc2cc[n+](CSCc3ccccc3)cc2NS(=O)(=O)C(=O)NC(C)C)c1. The van der Waals surface area contributed by atoms with Crippen LogP contribution < -0.4 is 19.9 Å². The quantitative estimate of drug-likeness (QED) is 0.380. The average Bonchev–Trinajstić information content (AvgIpc) is 2.75. The van der Waals surface area contributed by atoms with Crippen LogP contribution in [0, 0.1) is 6.92 Å². The number of nitrogens with one attached hydrogen (secondary N) is 3. The standard InChI is InChI=1S/C24H28N4O3S2/c1-18(2)25-24(29)33(30,31)27-23-15-28(17-32-16-20-9-5-4-6-10-20)13-12-22(23)26-21-11-7-8-19(3)14-21/h4-15,18,27H,16-17H2,1-3H3,(H,25,29)/p+1. The number of aryl methyl sites for hydroxylation is 1. The molecular formula is C24H29N4O3S2+. The van der Waals surface area contributed by atoms with Gasteiger partial charge < -0.3 is 10.6 Å². The predicted octanol–water partition coefficient (Wildman–Crippen LogP) is 4.78. The first-order valence-corrected chi connectivity index (χ1v) is 13.2. The molecule has 3 rings (SSSR count). The molecule has 3 N–H and O–H groups in total. The summed E-state index contributed by atoms with van der Waals surface area (Å²) in [4.78, 5) is 12.2. The molecule has 1 amide bonds. The van der Waals surface area contributed by atoms with Crippen LogP contribution in [0.2, 0.25) is 0 Å². The number of sulfonamides is 1. The maximum Gasteiger partial charge on any atom is 0.357 e. The number of aromatic nitrogens is 1. The molecule has 0 bridgehead atoms. The van der Waals surface area contributed by atoms with Gasteiger partial charge in [-0.15, -0.1) is 0 Å². The normalized spacial score (nSPS) is 11.3. The van der Waals surface area contributed by atoms with Gasteiger partial charge in [-0.05, 0) is 44.0 Å². The Bertz CT molecular complexity index is 1200. The highest BCUT2D eigenvalue weighted by molar-refractivity contribution is 8.07. The van der Waals surface area contributed by atoms with E-state index in [4.69, 9.17) is 0 Å². The topological polar surface area (TPSA) is 91.2 Å². The van der Waals surface area contributed by atoms with Crippen LogP contribution in [0.15, 0.2) is 73.1 Å². The lowest BCUT2D eigenvalue weighted by Gasteiger charge is -2.14. The largest absolute Gasteiger partial charge is 0.357 e. The summed E-state index contributed by atoms with van der Waals surface area (Å²) in [6.07, 6.45) is 3.57. The second kappa shape index (κ2) is 11.2. The molecule has 1 aromatic heterocycles. The molecule has 0 atom stereocenters. The van der Waals surface area contributed by atoms with Crippen molar-refractivity contribution in [2.24, 2.45) is 0 Å². The van der Waals surface area contributed by atoms with E-state index in [1.54, 1.807) is 37.9 Å². The monoisotopic (exact) mass is 485 g/mol. The van der Waals surface area contributed by atoms with Crippen molar-refractivity contribution in [3.63, 3.8) is 0 Å². The van der Waals surface area contributed by atoms with E-state index in [1.165, 1.54) is 5.56 Å². The van der Waals surface area contributed by atoms with Gasteiger partial charge in [-0.1, -0.05) is 54.2 Å². The zero-order valence-corrected chi connectivity index (χ0v) is 20.5. The van der Waals surface area contributed by atoms with Gasteiger partial charge >= 0.3 is 15.3 Å². The van der Waals surface area contributed by atoms with E-state index in [1.807, 2.05) is 60.2 Å². The van der Waals surface area contributed by atoms with E-state index in [2.05, 4.69) is 27.5 Å². The van der Waals surface area contributed by atoms with Crippen molar-refractivity contribution in [3.8, 4) is 0 Å². The molecule has 7 nitrogen and oxygen atoms in total. The van der Waals surface area contributed by atoms with Gasteiger partial charge in [0.2, 0.25) is 0 Å². The van der Waals surface area contributed by atoms with Crippen LogP contribution in [0.3, 0.4) is 0 Å². The van der Waals surface area contributed by atoms with E-state index in [0.717, 1.165) is 17.0 Å². The molecule has 0 spiro atoms. The molecule has 0 aliphatic heterocycles. The Balaban J connectivity index is 1.83. The Morgan fingerprint density at radius 1 is 1.03 bits per heavy atom. The highest BCUT2D eigenvalue weighted by Crippen LogP contribution is 2.26. The van der Waals surface area contributed by atoms with Crippen LogP contribution in [0.4, 0.5) is 21.9 Å². The number of carbonyl (C=O) groups is 1. The molecule has 0 radical (unpaired) electrons. The molecule has 0 unspecified atom stereocenters. The highest BCUT2D eigenvalue weighted by Gasteiger charge is 2.25. The van der Waals surface area contributed by atoms with Crippen LogP contribution in [-0.2, 0) is 21.7 Å². The zero-order valence-electron chi connectivity index (χ0n) is 18.9. The fourth-order valence-corrected chi connectivity index (χ4v) is 4.86. The third-order valence-electron chi connectivity index (χ3n) is 4.56. The summed E-state index contributed by atoms with van der Waals surface area (Å²) < 4.78 is 29.6. The number of hydrogen-bond donors (Lipinski definition) is 3. The van der Waals surface area contributed by atoms with Crippen molar-refractivity contribution >= 4 is 44.1 Å². The summed E-state index contributed by atoms with van der Waals surface area (Å²) in [6, 6.07) is 19.4. The minimum atomic E-state index is -4.27. The van der Waals surface area contributed by atoms with Gasteiger partial charge in [0.25, 0.3) is 0 Å². The first kappa shape index (κ1) is 24.6. The molecule has 0 fully saturated rings. The Morgan fingerprint density at radius 2 is 1.79 bits per heavy atom. The van der Waals surface area contributed by atoms with Gasteiger partial charge in [-0.25, -0.2) is 0 Å². The molecule has 3 aromatic rings. The Kier molecular flexibility index (Phi) is 8.35. The Hall–Kier alpha value is -3.04. The molecule has 9 heteroatoms. The molecular weight excluding hydrogens is 456 g/mol. The number of amides is 1. The fraction of sp³-hybridized carbons (Fsp3) is 0.250. The second-order valence-corrected chi connectivity index (χ2v) is 10.5. The van der Waals surface area contributed by atoms with Crippen molar-refractivity contribution in [2.45, 2.75) is 38.4 Å². The van der Waals surface area contributed by atoms with Gasteiger partial charge in [0.05, 0.1) is 5.69 Å². The Morgan fingerprint density at radius 3 is 2.48 bits per heavy atom. The van der Waals surface area contributed by atoms with E-state index in [0.29, 0.717) is 17.3 Å². The van der Waals surface area contributed by atoms with Crippen molar-refractivity contribution < 1.29 is 17.8 Å². The molecule has 33 heavy (non-hydrogen) atoms. The summed E-state index contributed by atoms with van der Waals surface area (Å²) in [5.74, 6) is 1.45. The number of thioether (sulfide) groups is 1. The van der Waals surface area contributed by atoms with Crippen molar-refractivity contribution in [2.75, 3.05) is 10.0 Å². The first-order valence-electron chi connectivity index (χ1n) is 10.5. The lowest BCUT2D eigenvalue weighted by Crippen LogP contribution is -2.39. The summed E-state index contributed by atoms with van der Waals surface area (Å²) >= 11 is 1.70. The van der Waals surface area contributed by atoms with E-state index < -0.39 is 15.3 Å². The van der Waals surface area contributed by atoms with Crippen molar-refractivity contribution in [3.05, 3.63) is 84.2 Å². The van der Waals surface area contributed by atoms with Gasteiger partial charge in [0.15, 0.2) is 18.3 Å². The number of pyridine rings is 1. The smallest absolute Gasteiger partial charge is 0.353 e. The van der Waals surface area contributed by atoms with E-state index >= 15 is 0 Å². The lowest BCUT2D eigenvalue weighted by atomic mass is 10.2. The molecule has 0 aliphatic rings. The highest BCUT2D eigenvalue weighted by atomic mass is 32.2. The third kappa shape index (κ3) is 7.50. The van der Waals surface area contributed by atoms with Gasteiger partial charge in [-0.2, -0.15) is 13.0 Å². The van der Waals surface area contributed by atoms with Gasteiger partial charge in [-0.3, -0.25) is 9.52 Å². The van der Waals surface area contributed by atoms with E-state index in [9.17, 15) is 13.2 Å². The maximum atomic E-state index is 12.6. The summed E-state index contributed by atoms with van der Waals surface area (Å²) in [7, 11) is -4.27. The first-order chi connectivity index (χ1) is 15.7. The Labute approximate surface area is 199 Å². The molecule has 0 saturated heterocycles. The summed E-state index contributed by atoms with van der Waals surface area (Å²) in [5.41, 5.74) is 3.94. The number of carbonyl (C=O) groups excluding carboxylic acids is 1. The number of anilines is 3. The van der Waals surface area contributed by atoms with Crippen LogP contribution in [0.25, 0.3) is 0 Å². The zero-order chi connectivity index (χ0) is 23.8. The summed E-state index contributed by atoms with van der Waals surface area (Å²) in [6.45, 7) is 5.39.